The van der Waals surface area contributed by atoms with Gasteiger partial charge in [0.15, 0.2) is 0 Å². The maximum atomic E-state index is 3.64. The summed E-state index contributed by atoms with van der Waals surface area (Å²) in [5, 5.41) is 12.7. The molecule has 1 nitrogen and oxygen atoms in total. The third kappa shape index (κ3) is 4.83. The highest BCUT2D eigenvalue weighted by Gasteiger charge is 2.16. The number of nitrogens with zero attached hydrogens (tertiary/aromatic N) is 1. The van der Waals surface area contributed by atoms with E-state index in [4.69, 9.17) is 0 Å². The minimum Gasteiger partial charge on any atom is -0.310 e. The van der Waals surface area contributed by atoms with Gasteiger partial charge in [-0.05, 0) is 137 Å². The Bertz CT molecular complexity index is 2870. The lowest BCUT2D eigenvalue weighted by atomic mass is 9.90. The number of fused-ring (bicyclic) bond motifs is 2. The summed E-state index contributed by atoms with van der Waals surface area (Å²) in [7, 11) is 0. The molecular formula is C48H30BrN. The van der Waals surface area contributed by atoms with Crippen LogP contribution in [0.5, 0.6) is 0 Å². The molecule has 0 fully saturated rings. The van der Waals surface area contributed by atoms with Gasteiger partial charge in [0.25, 0.3) is 0 Å². The largest absolute Gasteiger partial charge is 0.310 e. The third-order valence-electron chi connectivity index (χ3n) is 10.2. The second kappa shape index (κ2) is 11.6. The van der Waals surface area contributed by atoms with Crippen LogP contribution in [-0.2, 0) is 0 Å². The zero-order valence-electron chi connectivity index (χ0n) is 27.1. The van der Waals surface area contributed by atoms with E-state index in [2.05, 4.69) is 203 Å². The van der Waals surface area contributed by atoms with Crippen molar-refractivity contribution >= 4 is 86.9 Å². The standard InChI is InChI=1S/C48H30BrN/c49-41-22-18-31-12-16-36(26-39(31)28-41)37-17-13-32-19-23-44(30-40(32)27-37)50(42-9-2-1-3-10-42)43-11-5-8-38(29-43)45-24-20-35-15-14-33-6-4-7-34-21-25-46(45)48(35)47(33)34/h1-30H. The zero-order valence-corrected chi connectivity index (χ0v) is 28.7. The van der Waals surface area contributed by atoms with Crippen molar-refractivity contribution in [1.82, 2.24) is 0 Å². The van der Waals surface area contributed by atoms with Gasteiger partial charge in [-0.3, -0.25) is 0 Å². The predicted octanol–water partition coefficient (Wildman–Crippen LogP) is 14.5. The lowest BCUT2D eigenvalue weighted by Crippen LogP contribution is -2.09. The number of para-hydroxylation sites is 1. The Balaban J connectivity index is 1.11. The zero-order chi connectivity index (χ0) is 33.2. The summed E-state index contributed by atoms with van der Waals surface area (Å²) < 4.78 is 1.09. The molecule has 0 unspecified atom stereocenters. The van der Waals surface area contributed by atoms with Gasteiger partial charge >= 0.3 is 0 Å². The van der Waals surface area contributed by atoms with E-state index in [1.54, 1.807) is 0 Å². The lowest BCUT2D eigenvalue weighted by Gasteiger charge is -2.26. The first-order valence-electron chi connectivity index (χ1n) is 17.0. The molecule has 0 amide bonds. The lowest BCUT2D eigenvalue weighted by molar-refractivity contribution is 1.29. The van der Waals surface area contributed by atoms with Crippen molar-refractivity contribution in [1.29, 1.82) is 0 Å². The summed E-state index contributed by atoms with van der Waals surface area (Å²) in [5.74, 6) is 0. The second-order valence-electron chi connectivity index (χ2n) is 13.1. The van der Waals surface area contributed by atoms with Crippen molar-refractivity contribution in [3.63, 3.8) is 0 Å². The minimum atomic E-state index is 1.09. The molecule has 0 aliphatic rings. The maximum absolute atomic E-state index is 3.64. The average Bonchev–Trinajstić information content (AvgIpc) is 3.17. The van der Waals surface area contributed by atoms with Gasteiger partial charge in [0.05, 0.1) is 0 Å². The van der Waals surface area contributed by atoms with E-state index < -0.39 is 0 Å². The normalized spacial score (nSPS) is 11.7. The molecule has 10 aromatic carbocycles. The second-order valence-corrected chi connectivity index (χ2v) is 14.1. The van der Waals surface area contributed by atoms with Gasteiger partial charge in [-0.25, -0.2) is 0 Å². The summed E-state index contributed by atoms with van der Waals surface area (Å²) in [6.45, 7) is 0. The van der Waals surface area contributed by atoms with Gasteiger partial charge in [-0.2, -0.15) is 0 Å². The molecule has 2 heteroatoms. The molecule has 0 heterocycles. The fourth-order valence-electron chi connectivity index (χ4n) is 7.77. The summed E-state index contributed by atoms with van der Waals surface area (Å²) in [6, 6.07) is 66.7. The van der Waals surface area contributed by atoms with Gasteiger partial charge in [0.1, 0.15) is 0 Å². The molecular weight excluding hydrogens is 670 g/mol. The van der Waals surface area contributed by atoms with Gasteiger partial charge < -0.3 is 4.90 Å². The van der Waals surface area contributed by atoms with Crippen LogP contribution in [0.15, 0.2) is 186 Å². The molecule has 10 aromatic rings. The van der Waals surface area contributed by atoms with Gasteiger partial charge in [-0.15, -0.1) is 0 Å². The molecule has 0 bridgehead atoms. The van der Waals surface area contributed by atoms with Gasteiger partial charge in [0.2, 0.25) is 0 Å². The van der Waals surface area contributed by atoms with Crippen LogP contribution < -0.4 is 4.90 Å². The van der Waals surface area contributed by atoms with Crippen LogP contribution in [0.3, 0.4) is 0 Å². The van der Waals surface area contributed by atoms with Crippen molar-refractivity contribution < 1.29 is 0 Å². The first-order chi connectivity index (χ1) is 24.7. The minimum absolute atomic E-state index is 1.09. The van der Waals surface area contributed by atoms with E-state index in [0.29, 0.717) is 0 Å². The average molecular weight is 701 g/mol. The van der Waals surface area contributed by atoms with Crippen LogP contribution in [-0.4, -0.2) is 0 Å². The van der Waals surface area contributed by atoms with Crippen LogP contribution in [0.2, 0.25) is 0 Å². The van der Waals surface area contributed by atoms with Crippen molar-refractivity contribution in [2.75, 3.05) is 4.90 Å². The first-order valence-corrected chi connectivity index (χ1v) is 17.8. The predicted molar refractivity (Wildman–Crippen MR) is 218 cm³/mol. The van der Waals surface area contributed by atoms with Crippen LogP contribution in [0.4, 0.5) is 17.1 Å². The van der Waals surface area contributed by atoms with Crippen LogP contribution in [0, 0.1) is 0 Å². The number of benzene rings is 10. The van der Waals surface area contributed by atoms with Gasteiger partial charge in [-0.1, -0.05) is 137 Å². The Morgan fingerprint density at radius 2 is 0.900 bits per heavy atom. The SMILES string of the molecule is Brc1ccc2ccc(-c3ccc4ccc(N(c5ccccc5)c5cccc(-c6ccc7ccc8cccc9ccc6c7c89)c5)cc4c3)cc2c1. The molecule has 0 saturated carbocycles. The molecule has 0 saturated heterocycles. The molecule has 0 spiro atoms. The molecule has 50 heavy (non-hydrogen) atoms. The highest BCUT2D eigenvalue weighted by molar-refractivity contribution is 9.10. The van der Waals surface area contributed by atoms with E-state index in [1.807, 2.05) is 0 Å². The highest BCUT2D eigenvalue weighted by Crippen LogP contribution is 2.42. The molecule has 0 radical (unpaired) electrons. The fourth-order valence-corrected chi connectivity index (χ4v) is 8.15. The molecule has 10 rings (SSSR count). The van der Waals surface area contributed by atoms with Crippen molar-refractivity contribution in [3.05, 3.63) is 186 Å². The smallest absolute Gasteiger partial charge is 0.0468 e. The molecule has 0 aliphatic heterocycles. The van der Waals surface area contributed by atoms with E-state index in [1.165, 1.54) is 76.1 Å². The van der Waals surface area contributed by atoms with E-state index in [9.17, 15) is 0 Å². The Morgan fingerprint density at radius 1 is 0.320 bits per heavy atom. The Labute approximate surface area is 299 Å². The van der Waals surface area contributed by atoms with E-state index in [0.717, 1.165) is 21.5 Å². The van der Waals surface area contributed by atoms with Crippen molar-refractivity contribution in [3.8, 4) is 22.3 Å². The third-order valence-corrected chi connectivity index (χ3v) is 10.7. The number of hydrogen-bond acceptors (Lipinski definition) is 1. The first kappa shape index (κ1) is 29.0. The van der Waals surface area contributed by atoms with Gasteiger partial charge in [0, 0.05) is 21.5 Å². The fraction of sp³-hybridized carbons (Fsp3) is 0. The van der Waals surface area contributed by atoms with Crippen LogP contribution >= 0.6 is 15.9 Å². The molecule has 0 aromatic heterocycles. The molecule has 0 atom stereocenters. The summed E-state index contributed by atoms with van der Waals surface area (Å²) in [5.41, 5.74) is 8.23. The van der Waals surface area contributed by atoms with E-state index in [-0.39, 0.29) is 0 Å². The van der Waals surface area contributed by atoms with Crippen molar-refractivity contribution in [2.24, 2.45) is 0 Å². The highest BCUT2D eigenvalue weighted by atomic mass is 79.9. The van der Waals surface area contributed by atoms with E-state index >= 15 is 0 Å². The Kier molecular flexibility index (Phi) is 6.72. The molecule has 0 aliphatic carbocycles. The quantitative estimate of drug-likeness (QED) is 0.162. The Morgan fingerprint density at radius 3 is 1.68 bits per heavy atom. The van der Waals surface area contributed by atoms with Crippen LogP contribution in [0.25, 0.3) is 76.1 Å². The molecule has 234 valence electrons. The summed E-state index contributed by atoms with van der Waals surface area (Å²) >= 11 is 3.64. The number of hydrogen-bond donors (Lipinski definition) is 0. The number of halogens is 1. The molecule has 0 N–H and O–H groups in total. The number of anilines is 3. The number of rotatable bonds is 5. The maximum Gasteiger partial charge on any atom is 0.0468 e. The monoisotopic (exact) mass is 699 g/mol. The summed E-state index contributed by atoms with van der Waals surface area (Å²) in [4.78, 5) is 2.37. The Hall–Kier alpha value is -5.96. The van der Waals surface area contributed by atoms with Crippen LogP contribution in [0.1, 0.15) is 0 Å². The topological polar surface area (TPSA) is 3.24 Å². The van der Waals surface area contributed by atoms with Crippen molar-refractivity contribution in [2.45, 2.75) is 0 Å². The summed E-state index contributed by atoms with van der Waals surface area (Å²) in [6.07, 6.45) is 0.